The Morgan fingerprint density at radius 2 is 2.15 bits per heavy atom. The number of carboxylic acid groups (broad SMARTS) is 1. The number of hydrogen-bond donors (Lipinski definition) is 2. The van der Waals surface area contributed by atoms with Crippen LogP contribution in [0.3, 0.4) is 0 Å². The van der Waals surface area contributed by atoms with E-state index in [1.54, 1.807) is 6.07 Å². The molecule has 7 heteroatoms. The highest BCUT2D eigenvalue weighted by Gasteiger charge is 2.39. The lowest BCUT2D eigenvalue weighted by atomic mass is 9.87. The molecule has 2 aliphatic heterocycles. The number of Topliss-reactive ketones (excluding diaryl/α,β-unsaturated/α-hetero) is 1. The molecule has 0 spiro atoms. The molecule has 26 heavy (non-hydrogen) atoms. The lowest BCUT2D eigenvalue weighted by Crippen LogP contribution is -2.45. The van der Waals surface area contributed by atoms with Crippen LogP contribution in [0.25, 0.3) is 0 Å². The quantitative estimate of drug-likeness (QED) is 0.800. The molecular formula is C19H25N3O4. The molecule has 140 valence electrons. The van der Waals surface area contributed by atoms with Crippen molar-refractivity contribution >= 4 is 29.0 Å². The zero-order valence-electron chi connectivity index (χ0n) is 15.6. The van der Waals surface area contributed by atoms with Gasteiger partial charge in [-0.15, -0.1) is 0 Å². The number of nitrogens with zero attached hydrogens (tertiary/aromatic N) is 2. The Balaban J connectivity index is 1.89. The zero-order valence-corrected chi connectivity index (χ0v) is 15.6. The first kappa shape index (κ1) is 18.4. The van der Waals surface area contributed by atoms with E-state index >= 15 is 0 Å². The van der Waals surface area contributed by atoms with Gasteiger partial charge in [0, 0.05) is 29.9 Å². The summed E-state index contributed by atoms with van der Waals surface area (Å²) in [6.07, 6.45) is 1.08. The number of nitrogens with one attached hydrogen (secondary N) is 1. The molecule has 0 aromatic heterocycles. The van der Waals surface area contributed by atoms with Crippen LogP contribution < -0.4 is 10.2 Å². The van der Waals surface area contributed by atoms with Gasteiger partial charge in [-0.2, -0.15) is 0 Å². The highest BCUT2D eigenvalue weighted by Crippen LogP contribution is 2.36. The Kier molecular flexibility index (Phi) is 4.75. The van der Waals surface area contributed by atoms with Gasteiger partial charge in [-0.1, -0.05) is 0 Å². The summed E-state index contributed by atoms with van der Waals surface area (Å²) in [6.45, 7) is 6.25. The number of fused-ring (bicyclic) bond motifs is 1. The van der Waals surface area contributed by atoms with Crippen molar-refractivity contribution in [1.82, 2.24) is 5.32 Å². The molecule has 3 rings (SSSR count). The number of carboxylic acids is 1. The van der Waals surface area contributed by atoms with Crippen molar-refractivity contribution in [2.24, 2.45) is 16.8 Å². The van der Waals surface area contributed by atoms with Gasteiger partial charge in [-0.3, -0.25) is 9.59 Å². The second-order valence-electron chi connectivity index (χ2n) is 7.39. The Hall–Kier alpha value is -2.41. The number of hydrogen-bond acceptors (Lipinski definition) is 6. The molecule has 2 heterocycles. The largest absolute Gasteiger partial charge is 0.483 e. The molecule has 2 N–H and O–H groups in total. The molecule has 0 bridgehead atoms. The third-order valence-electron chi connectivity index (χ3n) is 5.66. The van der Waals surface area contributed by atoms with E-state index in [4.69, 9.17) is 4.74 Å². The third-order valence-corrected chi connectivity index (χ3v) is 5.66. The van der Waals surface area contributed by atoms with Crippen molar-refractivity contribution in [2.75, 3.05) is 32.1 Å². The summed E-state index contributed by atoms with van der Waals surface area (Å²) >= 11 is 0. The minimum atomic E-state index is -1.37. The summed E-state index contributed by atoms with van der Waals surface area (Å²) in [4.78, 5) is 30.5. The van der Waals surface area contributed by atoms with Crippen LogP contribution in [0.5, 0.6) is 0 Å². The maximum atomic E-state index is 12.5. The van der Waals surface area contributed by atoms with Gasteiger partial charge in [0.05, 0.1) is 12.8 Å². The summed E-state index contributed by atoms with van der Waals surface area (Å²) in [7, 11) is 3.31. The average Bonchev–Trinajstić information content (AvgIpc) is 3.11. The van der Waals surface area contributed by atoms with Gasteiger partial charge in [0.15, 0.2) is 11.7 Å². The third kappa shape index (κ3) is 3.07. The van der Waals surface area contributed by atoms with E-state index in [0.29, 0.717) is 17.2 Å². The molecule has 2 atom stereocenters. The van der Waals surface area contributed by atoms with Crippen molar-refractivity contribution in [1.29, 1.82) is 0 Å². The number of carbonyl (C=O) groups is 2. The minimum absolute atomic E-state index is 0.0506. The Morgan fingerprint density at radius 3 is 2.77 bits per heavy atom. The van der Waals surface area contributed by atoms with E-state index in [-0.39, 0.29) is 11.4 Å². The predicted molar refractivity (Wildman–Crippen MR) is 99.5 cm³/mol. The highest BCUT2D eigenvalue weighted by atomic mass is 16.5. The van der Waals surface area contributed by atoms with Crippen molar-refractivity contribution in [2.45, 2.75) is 25.8 Å². The molecule has 1 saturated heterocycles. The van der Waals surface area contributed by atoms with Gasteiger partial charge in [0.25, 0.3) is 0 Å². The average molecular weight is 359 g/mol. The van der Waals surface area contributed by atoms with Gasteiger partial charge in [0.1, 0.15) is 0 Å². The predicted octanol–water partition coefficient (Wildman–Crippen LogP) is 2.08. The monoisotopic (exact) mass is 359 g/mol. The molecule has 1 aromatic rings. The normalized spacial score (nSPS) is 22.8. The van der Waals surface area contributed by atoms with Gasteiger partial charge < -0.3 is 20.1 Å². The van der Waals surface area contributed by atoms with E-state index in [0.717, 1.165) is 25.2 Å². The lowest BCUT2D eigenvalue weighted by molar-refractivity contribution is -0.138. The van der Waals surface area contributed by atoms with Gasteiger partial charge >= 0.3 is 5.97 Å². The summed E-state index contributed by atoms with van der Waals surface area (Å²) < 4.78 is 5.06. The Labute approximate surface area is 153 Å². The maximum Gasteiger partial charge on any atom is 0.324 e. The standard InChI is InChI=1S/C19H25N3O4/c1-19(2,20-3)11-7-8-22(10-11)12-5-6-13-14(9-12)21-17(26-4)15(16(13)23)18(24)25/h5-6,9,11,15,20H,7-8,10H2,1-4H3,(H,24,25). The van der Waals surface area contributed by atoms with Crippen LogP contribution in [0.15, 0.2) is 23.2 Å². The first-order valence-corrected chi connectivity index (χ1v) is 8.76. The molecule has 0 radical (unpaired) electrons. The zero-order chi connectivity index (χ0) is 19.1. The van der Waals surface area contributed by atoms with Crippen LogP contribution in [0.4, 0.5) is 11.4 Å². The second kappa shape index (κ2) is 6.72. The first-order chi connectivity index (χ1) is 12.3. The van der Waals surface area contributed by atoms with Crippen molar-refractivity contribution in [3.8, 4) is 0 Å². The summed E-state index contributed by atoms with van der Waals surface area (Å²) in [5.41, 5.74) is 1.83. The lowest BCUT2D eigenvalue weighted by Gasteiger charge is -2.31. The van der Waals surface area contributed by atoms with Crippen LogP contribution in [0.2, 0.25) is 0 Å². The first-order valence-electron chi connectivity index (χ1n) is 8.76. The Morgan fingerprint density at radius 1 is 1.42 bits per heavy atom. The number of anilines is 1. The summed E-state index contributed by atoms with van der Waals surface area (Å²) in [5, 5.41) is 12.7. The molecule has 2 unspecified atom stereocenters. The maximum absolute atomic E-state index is 12.5. The fourth-order valence-corrected chi connectivity index (χ4v) is 3.64. The molecule has 1 fully saturated rings. The van der Waals surface area contributed by atoms with Crippen LogP contribution in [0.1, 0.15) is 30.6 Å². The number of benzene rings is 1. The van der Waals surface area contributed by atoms with Crippen LogP contribution in [0, 0.1) is 11.8 Å². The smallest absolute Gasteiger partial charge is 0.324 e. The van der Waals surface area contributed by atoms with E-state index in [1.807, 2.05) is 19.2 Å². The molecular weight excluding hydrogens is 334 g/mol. The molecule has 1 aromatic carbocycles. The molecule has 7 nitrogen and oxygen atoms in total. The van der Waals surface area contributed by atoms with E-state index < -0.39 is 17.7 Å². The van der Waals surface area contributed by atoms with Crippen molar-refractivity contribution < 1.29 is 19.4 Å². The van der Waals surface area contributed by atoms with Crippen molar-refractivity contribution in [3.05, 3.63) is 23.8 Å². The van der Waals surface area contributed by atoms with Crippen LogP contribution in [-0.2, 0) is 9.53 Å². The molecule has 0 amide bonds. The fraction of sp³-hybridized carbons (Fsp3) is 0.526. The topological polar surface area (TPSA) is 91.2 Å². The number of ether oxygens (including phenoxy) is 1. The number of aliphatic carboxylic acids is 1. The van der Waals surface area contributed by atoms with Gasteiger partial charge in [-0.05, 0) is 51.4 Å². The van der Waals surface area contributed by atoms with Crippen LogP contribution >= 0.6 is 0 Å². The molecule has 2 aliphatic rings. The number of carbonyl (C=O) groups excluding carboxylic acids is 1. The summed E-state index contributed by atoms with van der Waals surface area (Å²) in [6, 6.07) is 5.40. The van der Waals surface area contributed by atoms with Gasteiger partial charge in [0.2, 0.25) is 5.90 Å². The second-order valence-corrected chi connectivity index (χ2v) is 7.39. The fourth-order valence-electron chi connectivity index (χ4n) is 3.64. The molecule has 0 aliphatic carbocycles. The number of aliphatic imine (C=N–C) groups is 1. The van der Waals surface area contributed by atoms with Crippen molar-refractivity contribution in [3.63, 3.8) is 0 Å². The minimum Gasteiger partial charge on any atom is -0.483 e. The number of rotatable bonds is 4. The van der Waals surface area contributed by atoms with E-state index in [9.17, 15) is 14.7 Å². The number of ketones is 1. The Bertz CT molecular complexity index is 772. The SMILES string of the molecule is CNC(C)(C)C1CCN(c2ccc3c(c2)N=C(OC)C(C(=O)O)C3=O)C1. The summed E-state index contributed by atoms with van der Waals surface area (Å²) in [5.74, 6) is -2.66. The van der Waals surface area contributed by atoms with E-state index in [2.05, 4.69) is 29.1 Å². The molecule has 0 saturated carbocycles. The number of methoxy groups -OCH3 is 1. The van der Waals surface area contributed by atoms with Crippen LogP contribution in [-0.4, -0.2) is 55.5 Å². The highest BCUT2D eigenvalue weighted by molar-refractivity contribution is 6.25. The van der Waals surface area contributed by atoms with Gasteiger partial charge in [-0.25, -0.2) is 4.99 Å². The van der Waals surface area contributed by atoms with E-state index in [1.165, 1.54) is 7.11 Å².